The van der Waals surface area contributed by atoms with Gasteiger partial charge in [-0.15, -0.1) is 0 Å². The van der Waals surface area contributed by atoms with Gasteiger partial charge in [-0.2, -0.15) is 0 Å². The zero-order valence-electron chi connectivity index (χ0n) is 16.4. The molecule has 150 valence electrons. The van der Waals surface area contributed by atoms with E-state index in [0.717, 1.165) is 5.39 Å². The van der Waals surface area contributed by atoms with E-state index in [2.05, 4.69) is 5.32 Å². The van der Waals surface area contributed by atoms with Crippen LogP contribution in [0.4, 0.5) is 5.69 Å². The van der Waals surface area contributed by atoms with Crippen LogP contribution in [0.25, 0.3) is 11.0 Å². The van der Waals surface area contributed by atoms with E-state index >= 15 is 0 Å². The van der Waals surface area contributed by atoms with Gasteiger partial charge in [0.25, 0.3) is 5.91 Å². The molecule has 30 heavy (non-hydrogen) atoms. The molecule has 0 unspecified atom stereocenters. The second-order valence-electron chi connectivity index (χ2n) is 6.79. The first-order chi connectivity index (χ1) is 14.5. The zero-order chi connectivity index (χ0) is 21.3. The van der Waals surface area contributed by atoms with E-state index < -0.39 is 0 Å². The van der Waals surface area contributed by atoms with E-state index in [9.17, 15) is 9.59 Å². The Morgan fingerprint density at radius 3 is 2.27 bits per heavy atom. The summed E-state index contributed by atoms with van der Waals surface area (Å²) in [6, 6.07) is 18.8. The highest BCUT2D eigenvalue weighted by Gasteiger charge is 2.20. The number of carbonyl (C=O) groups is 2. The van der Waals surface area contributed by atoms with Crippen molar-refractivity contribution in [1.82, 2.24) is 0 Å². The number of benzene rings is 3. The number of nitrogens with one attached hydrogen (secondary N) is 1. The van der Waals surface area contributed by atoms with Gasteiger partial charge < -0.3 is 14.5 Å². The molecule has 0 atom stereocenters. The van der Waals surface area contributed by atoms with Crippen LogP contribution in [0.2, 0.25) is 5.02 Å². The van der Waals surface area contributed by atoms with Gasteiger partial charge in [0.2, 0.25) is 5.78 Å². The second kappa shape index (κ2) is 8.05. The van der Waals surface area contributed by atoms with Crippen molar-refractivity contribution in [2.75, 3.05) is 12.4 Å². The lowest BCUT2D eigenvalue weighted by molar-refractivity contribution is 0.101. The molecule has 0 aliphatic carbocycles. The fraction of sp³-hybridized carbons (Fsp3) is 0.0833. The maximum absolute atomic E-state index is 12.8. The monoisotopic (exact) mass is 419 g/mol. The summed E-state index contributed by atoms with van der Waals surface area (Å²) in [4.78, 5) is 25.4. The minimum atomic E-state index is -0.240. The highest BCUT2D eigenvalue weighted by Crippen LogP contribution is 2.30. The number of amides is 1. The SMILES string of the molecule is COc1ccc(C(=O)Nc2ccc3oc(C(=O)c4ccc(Cl)cc4)c(C)c3c2)cc1. The summed E-state index contributed by atoms with van der Waals surface area (Å²) in [6.45, 7) is 1.82. The number of hydrogen-bond donors (Lipinski definition) is 1. The van der Waals surface area contributed by atoms with Crippen LogP contribution in [0.3, 0.4) is 0 Å². The summed E-state index contributed by atoms with van der Waals surface area (Å²) in [6.07, 6.45) is 0. The maximum atomic E-state index is 12.8. The van der Waals surface area contributed by atoms with Crippen LogP contribution < -0.4 is 10.1 Å². The lowest BCUT2D eigenvalue weighted by atomic mass is 10.0. The largest absolute Gasteiger partial charge is 0.497 e. The molecule has 1 aromatic heterocycles. The fourth-order valence-corrected chi connectivity index (χ4v) is 3.32. The number of rotatable bonds is 5. The topological polar surface area (TPSA) is 68.5 Å². The van der Waals surface area contributed by atoms with Crippen LogP contribution in [0.1, 0.15) is 32.0 Å². The summed E-state index contributed by atoms with van der Waals surface area (Å²) in [7, 11) is 1.57. The summed E-state index contributed by atoms with van der Waals surface area (Å²) in [5.41, 5.74) is 2.91. The van der Waals surface area contributed by atoms with Crippen LogP contribution in [0, 0.1) is 6.92 Å². The molecule has 0 radical (unpaired) electrons. The molecular formula is C24H18ClNO4. The lowest BCUT2D eigenvalue weighted by Crippen LogP contribution is -2.11. The molecule has 0 saturated heterocycles. The summed E-state index contributed by atoms with van der Waals surface area (Å²) in [5, 5.41) is 4.19. The molecule has 0 bridgehead atoms. The molecule has 5 nitrogen and oxygen atoms in total. The Hall–Kier alpha value is -3.57. The number of ketones is 1. The van der Waals surface area contributed by atoms with E-state index in [-0.39, 0.29) is 17.5 Å². The van der Waals surface area contributed by atoms with Gasteiger partial charge in [0.1, 0.15) is 11.3 Å². The van der Waals surface area contributed by atoms with E-state index in [1.807, 2.05) is 6.92 Å². The maximum Gasteiger partial charge on any atom is 0.255 e. The smallest absolute Gasteiger partial charge is 0.255 e. The zero-order valence-corrected chi connectivity index (χ0v) is 17.1. The number of ether oxygens (including phenoxy) is 1. The molecule has 4 aromatic rings. The molecule has 1 heterocycles. The Morgan fingerprint density at radius 2 is 1.60 bits per heavy atom. The average molecular weight is 420 g/mol. The predicted molar refractivity (Wildman–Crippen MR) is 117 cm³/mol. The molecule has 4 rings (SSSR count). The van der Waals surface area contributed by atoms with E-state index in [1.165, 1.54) is 0 Å². The third kappa shape index (κ3) is 3.80. The van der Waals surface area contributed by atoms with Gasteiger partial charge >= 0.3 is 0 Å². The number of aryl methyl sites for hydroxylation is 1. The van der Waals surface area contributed by atoms with Gasteiger partial charge in [-0.25, -0.2) is 0 Å². The van der Waals surface area contributed by atoms with Crippen LogP contribution in [-0.4, -0.2) is 18.8 Å². The van der Waals surface area contributed by atoms with Gasteiger partial charge in [0.05, 0.1) is 7.11 Å². The van der Waals surface area contributed by atoms with Gasteiger partial charge in [0, 0.05) is 32.8 Å². The van der Waals surface area contributed by atoms with Gasteiger partial charge in [0.15, 0.2) is 5.76 Å². The standard InChI is InChI=1S/C24H18ClNO4/c1-14-20-13-18(26-24(28)16-5-10-19(29-2)11-6-16)9-12-21(20)30-23(14)22(27)15-3-7-17(25)8-4-15/h3-13H,1-2H3,(H,26,28). The third-order valence-corrected chi connectivity index (χ3v) is 5.11. The first-order valence-corrected chi connectivity index (χ1v) is 9.63. The number of hydrogen-bond acceptors (Lipinski definition) is 4. The minimum Gasteiger partial charge on any atom is -0.497 e. The molecular weight excluding hydrogens is 402 g/mol. The quantitative estimate of drug-likeness (QED) is 0.410. The number of halogens is 1. The van der Waals surface area contributed by atoms with Crippen LogP contribution in [-0.2, 0) is 0 Å². The Morgan fingerprint density at radius 1 is 0.933 bits per heavy atom. The Kier molecular flexibility index (Phi) is 5.29. The van der Waals surface area contributed by atoms with Crippen molar-refractivity contribution < 1.29 is 18.7 Å². The molecule has 0 aliphatic rings. The number of methoxy groups -OCH3 is 1. The summed E-state index contributed by atoms with van der Waals surface area (Å²) in [5.74, 6) is 0.491. The number of carbonyl (C=O) groups excluding carboxylic acids is 2. The lowest BCUT2D eigenvalue weighted by Gasteiger charge is -2.06. The summed E-state index contributed by atoms with van der Waals surface area (Å²) < 4.78 is 10.9. The molecule has 0 spiro atoms. The average Bonchev–Trinajstić information content (AvgIpc) is 3.10. The molecule has 3 aromatic carbocycles. The minimum absolute atomic E-state index is 0.218. The van der Waals surface area contributed by atoms with Crippen molar-refractivity contribution in [3.8, 4) is 5.75 Å². The van der Waals surface area contributed by atoms with Crippen molar-refractivity contribution in [3.05, 3.63) is 94.2 Å². The van der Waals surface area contributed by atoms with Crippen molar-refractivity contribution in [1.29, 1.82) is 0 Å². The van der Waals surface area contributed by atoms with Crippen LogP contribution >= 0.6 is 11.6 Å². The predicted octanol–water partition coefficient (Wildman–Crippen LogP) is 5.89. The molecule has 1 amide bonds. The number of fused-ring (bicyclic) bond motifs is 1. The highest BCUT2D eigenvalue weighted by molar-refractivity contribution is 6.30. The van der Waals surface area contributed by atoms with Crippen molar-refractivity contribution in [2.45, 2.75) is 6.92 Å². The van der Waals surface area contributed by atoms with Crippen molar-refractivity contribution in [3.63, 3.8) is 0 Å². The molecule has 1 N–H and O–H groups in total. The number of anilines is 1. The first kappa shape index (κ1) is 19.7. The second-order valence-corrected chi connectivity index (χ2v) is 7.22. The Labute approximate surface area is 178 Å². The number of furan rings is 1. The Balaban J connectivity index is 1.61. The van der Waals surface area contributed by atoms with Gasteiger partial charge in [-0.3, -0.25) is 9.59 Å². The summed E-state index contributed by atoms with van der Waals surface area (Å²) >= 11 is 5.90. The molecule has 6 heteroatoms. The van der Waals surface area contributed by atoms with Crippen molar-refractivity contribution in [2.24, 2.45) is 0 Å². The van der Waals surface area contributed by atoms with E-state index in [0.29, 0.717) is 38.7 Å². The van der Waals surface area contributed by atoms with Gasteiger partial charge in [-0.05, 0) is 73.7 Å². The third-order valence-electron chi connectivity index (χ3n) is 4.86. The van der Waals surface area contributed by atoms with Crippen molar-refractivity contribution >= 4 is 39.9 Å². The van der Waals surface area contributed by atoms with E-state index in [4.69, 9.17) is 20.8 Å². The van der Waals surface area contributed by atoms with E-state index in [1.54, 1.807) is 73.8 Å². The molecule has 0 fully saturated rings. The van der Waals surface area contributed by atoms with Crippen LogP contribution in [0.5, 0.6) is 5.75 Å². The van der Waals surface area contributed by atoms with Gasteiger partial charge in [-0.1, -0.05) is 11.6 Å². The van der Waals surface area contributed by atoms with Crippen LogP contribution in [0.15, 0.2) is 71.1 Å². The highest BCUT2D eigenvalue weighted by atomic mass is 35.5. The molecule has 0 saturated carbocycles. The fourth-order valence-electron chi connectivity index (χ4n) is 3.19. The Bertz CT molecular complexity index is 1240. The first-order valence-electron chi connectivity index (χ1n) is 9.25. The molecule has 0 aliphatic heterocycles. The normalized spacial score (nSPS) is 10.8.